The van der Waals surface area contributed by atoms with Crippen LogP contribution in [0.2, 0.25) is 0 Å². The Labute approximate surface area is 149 Å². The zero-order chi connectivity index (χ0) is 14.5. The number of furan rings is 1. The van der Waals surface area contributed by atoms with Crippen LogP contribution in [-0.4, -0.2) is 61.6 Å². The lowest BCUT2D eigenvalue weighted by Crippen LogP contribution is -2.43. The Morgan fingerprint density at radius 1 is 1.41 bits per heavy atom. The lowest BCUT2D eigenvalue weighted by Gasteiger charge is -2.25. The van der Waals surface area contributed by atoms with Crippen molar-refractivity contribution in [2.24, 2.45) is 4.99 Å². The van der Waals surface area contributed by atoms with Crippen LogP contribution in [0.5, 0.6) is 0 Å². The summed E-state index contributed by atoms with van der Waals surface area (Å²) < 4.78 is 5.35. The van der Waals surface area contributed by atoms with Crippen LogP contribution in [0.3, 0.4) is 0 Å². The molecule has 22 heavy (non-hydrogen) atoms. The van der Waals surface area contributed by atoms with Gasteiger partial charge in [-0.15, -0.1) is 24.0 Å². The van der Waals surface area contributed by atoms with Crippen molar-refractivity contribution in [2.45, 2.75) is 18.9 Å². The second-order valence-corrected chi connectivity index (χ2v) is 5.62. The largest absolute Gasteiger partial charge is 0.469 e. The Balaban J connectivity index is 0.00000176. The molecule has 5 nitrogen and oxygen atoms in total. The number of nitrogens with one attached hydrogen (secondary N) is 1. The Hall–Kier alpha value is -1.02. The minimum atomic E-state index is 0. The first kappa shape index (κ1) is 17.3. The summed E-state index contributed by atoms with van der Waals surface area (Å²) in [6, 6.07) is 4.60. The summed E-state index contributed by atoms with van der Waals surface area (Å²) >= 11 is 0. The zero-order valence-electron chi connectivity index (χ0n) is 13.1. The maximum atomic E-state index is 5.35. The van der Waals surface area contributed by atoms with E-state index in [0.717, 1.165) is 50.9 Å². The van der Waals surface area contributed by atoms with Crippen molar-refractivity contribution in [3.63, 3.8) is 0 Å². The molecule has 1 aromatic rings. The third-order valence-corrected chi connectivity index (χ3v) is 4.27. The molecular formula is C16H25IN4O. The molecule has 0 amide bonds. The van der Waals surface area contributed by atoms with Gasteiger partial charge in [0.25, 0.3) is 0 Å². The number of halogens is 1. The lowest BCUT2D eigenvalue weighted by atomic mass is 10.2. The van der Waals surface area contributed by atoms with Gasteiger partial charge < -0.3 is 14.6 Å². The molecule has 0 saturated carbocycles. The predicted octanol–water partition coefficient (Wildman–Crippen LogP) is 1.96. The normalized spacial score (nSPS) is 22.1. The number of likely N-dealkylation sites (tertiary alicyclic amines) is 1. The fraction of sp³-hybridized carbons (Fsp3) is 0.562. The van der Waals surface area contributed by atoms with Crippen molar-refractivity contribution in [3.05, 3.63) is 36.3 Å². The second kappa shape index (κ2) is 8.57. The topological polar surface area (TPSA) is 44.0 Å². The molecule has 122 valence electrons. The van der Waals surface area contributed by atoms with E-state index in [0.29, 0.717) is 6.04 Å². The number of aliphatic imine (C=N–C) groups is 1. The third-order valence-electron chi connectivity index (χ3n) is 4.27. The highest BCUT2D eigenvalue weighted by Crippen LogP contribution is 2.17. The monoisotopic (exact) mass is 416 g/mol. The number of hydrogen-bond acceptors (Lipinski definition) is 3. The standard InChI is InChI=1S/C16H24N4O.HI/c1-17-16(18-8-6-15-5-4-12-21-15)20-11-7-14(13-20)19-9-2-3-10-19;/h2-5,12,14H,6-11,13H2,1H3,(H,17,18);1H. The van der Waals surface area contributed by atoms with E-state index in [9.17, 15) is 0 Å². The second-order valence-electron chi connectivity index (χ2n) is 5.62. The summed E-state index contributed by atoms with van der Waals surface area (Å²) in [6.07, 6.45) is 8.36. The Kier molecular flexibility index (Phi) is 6.75. The first-order valence-corrected chi connectivity index (χ1v) is 7.74. The molecule has 1 fully saturated rings. The molecule has 2 aliphatic rings. The Morgan fingerprint density at radius 2 is 2.23 bits per heavy atom. The van der Waals surface area contributed by atoms with Gasteiger partial charge in [-0.25, -0.2) is 0 Å². The molecule has 3 rings (SSSR count). The molecule has 0 bridgehead atoms. The maximum Gasteiger partial charge on any atom is 0.193 e. The van der Waals surface area contributed by atoms with E-state index in [1.54, 1.807) is 6.26 Å². The Bertz CT molecular complexity index is 492. The van der Waals surface area contributed by atoms with E-state index >= 15 is 0 Å². The molecule has 1 atom stereocenters. The van der Waals surface area contributed by atoms with Crippen LogP contribution in [0.1, 0.15) is 12.2 Å². The molecule has 2 aliphatic heterocycles. The van der Waals surface area contributed by atoms with Crippen molar-refractivity contribution < 1.29 is 4.42 Å². The van der Waals surface area contributed by atoms with Crippen molar-refractivity contribution >= 4 is 29.9 Å². The molecule has 0 radical (unpaired) electrons. The smallest absolute Gasteiger partial charge is 0.193 e. The molecule has 0 aliphatic carbocycles. The van der Waals surface area contributed by atoms with E-state index in [1.807, 2.05) is 19.2 Å². The predicted molar refractivity (Wildman–Crippen MR) is 99.9 cm³/mol. The minimum Gasteiger partial charge on any atom is -0.469 e. The van der Waals surface area contributed by atoms with Gasteiger partial charge in [-0.1, -0.05) is 12.2 Å². The summed E-state index contributed by atoms with van der Waals surface area (Å²) in [6.45, 7) is 5.21. The van der Waals surface area contributed by atoms with Crippen molar-refractivity contribution in [1.82, 2.24) is 15.1 Å². The van der Waals surface area contributed by atoms with Gasteiger partial charge in [0.2, 0.25) is 0 Å². The number of guanidine groups is 1. The number of nitrogens with zero attached hydrogens (tertiary/aromatic N) is 3. The lowest BCUT2D eigenvalue weighted by molar-refractivity contribution is 0.259. The number of hydrogen-bond donors (Lipinski definition) is 1. The van der Waals surface area contributed by atoms with Gasteiger partial charge in [-0.2, -0.15) is 0 Å². The van der Waals surface area contributed by atoms with Crippen LogP contribution in [0, 0.1) is 0 Å². The van der Waals surface area contributed by atoms with E-state index in [1.165, 1.54) is 6.42 Å². The molecule has 3 heterocycles. The highest BCUT2D eigenvalue weighted by Gasteiger charge is 2.29. The Morgan fingerprint density at radius 3 is 2.91 bits per heavy atom. The molecule has 1 N–H and O–H groups in total. The summed E-state index contributed by atoms with van der Waals surface area (Å²) in [5, 5.41) is 3.44. The van der Waals surface area contributed by atoms with Crippen LogP contribution in [0.15, 0.2) is 40.0 Å². The highest BCUT2D eigenvalue weighted by molar-refractivity contribution is 14.0. The van der Waals surface area contributed by atoms with Crippen molar-refractivity contribution in [2.75, 3.05) is 39.8 Å². The first-order chi connectivity index (χ1) is 10.4. The van der Waals surface area contributed by atoms with Gasteiger partial charge in [0.15, 0.2) is 5.96 Å². The van der Waals surface area contributed by atoms with Crippen LogP contribution < -0.4 is 5.32 Å². The minimum absolute atomic E-state index is 0. The fourth-order valence-corrected chi connectivity index (χ4v) is 3.11. The summed E-state index contributed by atoms with van der Waals surface area (Å²) in [5.74, 6) is 2.02. The summed E-state index contributed by atoms with van der Waals surface area (Å²) in [5.41, 5.74) is 0. The molecule has 6 heteroatoms. The van der Waals surface area contributed by atoms with Gasteiger partial charge in [0.1, 0.15) is 5.76 Å². The van der Waals surface area contributed by atoms with Gasteiger partial charge in [-0.3, -0.25) is 9.89 Å². The summed E-state index contributed by atoms with van der Waals surface area (Å²) in [4.78, 5) is 9.32. The molecule has 1 saturated heterocycles. The summed E-state index contributed by atoms with van der Waals surface area (Å²) in [7, 11) is 1.86. The van der Waals surface area contributed by atoms with E-state index in [2.05, 4.69) is 32.3 Å². The van der Waals surface area contributed by atoms with E-state index < -0.39 is 0 Å². The number of rotatable bonds is 4. The SMILES string of the molecule is CN=C(NCCc1ccco1)N1CCC(N2CC=CC2)C1.I. The van der Waals surface area contributed by atoms with Gasteiger partial charge in [0.05, 0.1) is 6.26 Å². The van der Waals surface area contributed by atoms with Gasteiger partial charge in [0, 0.05) is 52.2 Å². The maximum absolute atomic E-state index is 5.35. The fourth-order valence-electron chi connectivity index (χ4n) is 3.11. The zero-order valence-corrected chi connectivity index (χ0v) is 15.4. The quantitative estimate of drug-likeness (QED) is 0.353. The molecule has 0 aromatic carbocycles. The van der Waals surface area contributed by atoms with Crippen molar-refractivity contribution in [3.8, 4) is 0 Å². The first-order valence-electron chi connectivity index (χ1n) is 7.74. The van der Waals surface area contributed by atoms with Crippen molar-refractivity contribution in [1.29, 1.82) is 0 Å². The van der Waals surface area contributed by atoms with E-state index in [4.69, 9.17) is 4.42 Å². The van der Waals surface area contributed by atoms with Crippen LogP contribution in [0.25, 0.3) is 0 Å². The van der Waals surface area contributed by atoms with E-state index in [-0.39, 0.29) is 24.0 Å². The highest BCUT2D eigenvalue weighted by atomic mass is 127. The average molecular weight is 416 g/mol. The van der Waals surface area contributed by atoms with Crippen LogP contribution in [-0.2, 0) is 6.42 Å². The molecule has 0 spiro atoms. The average Bonchev–Trinajstić information content (AvgIpc) is 3.24. The molecular weight excluding hydrogens is 391 g/mol. The van der Waals surface area contributed by atoms with Crippen LogP contribution >= 0.6 is 24.0 Å². The third kappa shape index (κ3) is 4.25. The van der Waals surface area contributed by atoms with Gasteiger partial charge >= 0.3 is 0 Å². The molecule has 1 unspecified atom stereocenters. The van der Waals surface area contributed by atoms with Gasteiger partial charge in [-0.05, 0) is 18.6 Å². The van der Waals surface area contributed by atoms with Crippen LogP contribution in [0.4, 0.5) is 0 Å². The molecule has 1 aromatic heterocycles.